The van der Waals surface area contributed by atoms with Crippen LogP contribution < -0.4 is 14.9 Å². The van der Waals surface area contributed by atoms with Crippen molar-refractivity contribution >= 4 is 49.1 Å². The number of carbonyl (C=O) groups is 3. The normalized spacial score (nSPS) is 17.7. The van der Waals surface area contributed by atoms with E-state index in [1.165, 1.54) is 48.5 Å². The second-order valence-corrected chi connectivity index (χ2v) is 15.5. The summed E-state index contributed by atoms with van der Waals surface area (Å²) >= 11 is 0. The van der Waals surface area contributed by atoms with Crippen LogP contribution in [0.25, 0.3) is 11.1 Å². The summed E-state index contributed by atoms with van der Waals surface area (Å²) in [7, 11) is -8.47. The van der Waals surface area contributed by atoms with Gasteiger partial charge in [0.2, 0.25) is 11.8 Å². The number of amides is 3. The molecule has 3 aliphatic rings. The molecule has 0 aromatic heterocycles. The molecule has 0 radical (unpaired) electrons. The van der Waals surface area contributed by atoms with E-state index in [1.807, 2.05) is 0 Å². The third-order valence-electron chi connectivity index (χ3n) is 8.98. The standard InChI is InChI=1S/C34H30N4O9S2/c39-27-16-13-20(17-28(27)40)32(33(42)35-21-7-1-2-8-21)38(31(41)19-37-34(43)25-10-4-6-12-30(25)49(37,46)47)22-14-15-23-24-9-3-5-11-29(24)48(44,45)36-26(23)18-22/h3-6,9-18,21,32,36,39-40H,1-2,7-8,19H2,(H,35,42)/t32-/m0/s1. The number of hydrogen-bond acceptors (Lipinski definition) is 9. The van der Waals surface area contributed by atoms with Gasteiger partial charge in [0, 0.05) is 22.9 Å². The number of fused-ring (bicyclic) bond motifs is 4. The number of rotatable bonds is 7. The number of phenols is 2. The lowest BCUT2D eigenvalue weighted by molar-refractivity contribution is -0.127. The Balaban J connectivity index is 1.38. The largest absolute Gasteiger partial charge is 0.504 e. The molecule has 0 spiro atoms. The Morgan fingerprint density at radius 3 is 2.20 bits per heavy atom. The number of aromatic hydroxyl groups is 2. The van der Waals surface area contributed by atoms with E-state index in [0.717, 1.165) is 29.9 Å². The molecule has 2 aliphatic heterocycles. The fraction of sp³-hybridized carbons (Fsp3) is 0.206. The Morgan fingerprint density at radius 1 is 0.837 bits per heavy atom. The van der Waals surface area contributed by atoms with Crippen molar-refractivity contribution in [3.8, 4) is 22.6 Å². The van der Waals surface area contributed by atoms with Crippen LogP contribution in [0.1, 0.15) is 47.6 Å². The summed E-state index contributed by atoms with van der Waals surface area (Å²) in [6.07, 6.45) is 3.12. The van der Waals surface area contributed by atoms with Gasteiger partial charge in [-0.15, -0.1) is 0 Å². The summed E-state index contributed by atoms with van der Waals surface area (Å²) in [5.74, 6) is -3.65. The fourth-order valence-corrected chi connectivity index (χ4v) is 9.44. The van der Waals surface area contributed by atoms with Crippen molar-refractivity contribution in [2.24, 2.45) is 0 Å². The molecule has 1 aliphatic carbocycles. The van der Waals surface area contributed by atoms with Crippen LogP contribution in [-0.4, -0.2) is 61.7 Å². The molecule has 0 unspecified atom stereocenters. The van der Waals surface area contributed by atoms with Gasteiger partial charge in [-0.05, 0) is 60.9 Å². The number of carbonyl (C=O) groups excluding carboxylic acids is 3. The molecule has 7 rings (SSSR count). The highest BCUT2D eigenvalue weighted by Crippen LogP contribution is 2.43. The number of phenolic OH excluding ortho intramolecular Hbond substituents is 2. The fourth-order valence-electron chi connectivity index (χ4n) is 6.63. The molecule has 4 aromatic carbocycles. The molecular formula is C34H30N4O9S2. The summed E-state index contributed by atoms with van der Waals surface area (Å²) in [6.45, 7) is -1.00. The second-order valence-electron chi connectivity index (χ2n) is 12.0. The number of sulfonamides is 2. The van der Waals surface area contributed by atoms with Crippen molar-refractivity contribution in [2.45, 2.75) is 47.6 Å². The predicted molar refractivity (Wildman–Crippen MR) is 178 cm³/mol. The average Bonchev–Trinajstić information content (AvgIpc) is 3.65. The SMILES string of the molecule is O=C(NC1CCCC1)[C@H](c1ccc(O)c(O)c1)N(C(=O)CN1C(=O)c2ccccc2S1(=O)=O)c1ccc2c(c1)NS(=O)(=O)c1ccccc1-2. The minimum Gasteiger partial charge on any atom is -0.504 e. The van der Waals surface area contributed by atoms with Gasteiger partial charge in [0.05, 0.1) is 16.1 Å². The van der Waals surface area contributed by atoms with Crippen molar-refractivity contribution in [1.82, 2.24) is 9.62 Å². The van der Waals surface area contributed by atoms with Crippen molar-refractivity contribution < 1.29 is 41.4 Å². The second kappa shape index (κ2) is 11.9. The van der Waals surface area contributed by atoms with Crippen molar-refractivity contribution in [3.05, 3.63) is 96.1 Å². The van der Waals surface area contributed by atoms with Gasteiger partial charge in [-0.1, -0.05) is 55.3 Å². The number of benzene rings is 4. The summed E-state index contributed by atoms with van der Waals surface area (Å²) in [6, 6.07) is 18.1. The molecule has 49 heavy (non-hydrogen) atoms. The Kier molecular flexibility index (Phi) is 7.83. The van der Waals surface area contributed by atoms with Crippen LogP contribution >= 0.6 is 0 Å². The van der Waals surface area contributed by atoms with Crippen LogP contribution in [0.5, 0.6) is 11.5 Å². The van der Waals surface area contributed by atoms with Gasteiger partial charge in [0.15, 0.2) is 11.5 Å². The molecular weight excluding hydrogens is 673 g/mol. The molecule has 4 aromatic rings. The van der Waals surface area contributed by atoms with E-state index in [9.17, 15) is 41.4 Å². The van der Waals surface area contributed by atoms with Crippen molar-refractivity contribution in [2.75, 3.05) is 16.2 Å². The van der Waals surface area contributed by atoms with E-state index in [-0.39, 0.29) is 38.3 Å². The maximum absolute atomic E-state index is 14.5. The first-order valence-corrected chi connectivity index (χ1v) is 18.4. The van der Waals surface area contributed by atoms with Crippen LogP contribution in [-0.2, 0) is 29.6 Å². The smallest absolute Gasteiger partial charge is 0.269 e. The molecule has 1 fully saturated rings. The third-order valence-corrected chi connectivity index (χ3v) is 12.2. The topological polar surface area (TPSA) is 190 Å². The Labute approximate surface area is 281 Å². The quantitative estimate of drug-likeness (QED) is 0.207. The van der Waals surface area contributed by atoms with Crippen molar-refractivity contribution in [3.63, 3.8) is 0 Å². The van der Waals surface area contributed by atoms with Gasteiger partial charge in [-0.2, -0.15) is 0 Å². The minimum atomic E-state index is -4.44. The monoisotopic (exact) mass is 702 g/mol. The zero-order valence-electron chi connectivity index (χ0n) is 25.7. The Hall–Kier alpha value is -5.41. The van der Waals surface area contributed by atoms with Gasteiger partial charge >= 0.3 is 0 Å². The summed E-state index contributed by atoms with van der Waals surface area (Å²) in [5, 5.41) is 23.5. The lowest BCUT2D eigenvalue weighted by atomic mass is 9.99. The molecule has 2 heterocycles. The summed E-state index contributed by atoms with van der Waals surface area (Å²) in [4.78, 5) is 42.8. The zero-order valence-corrected chi connectivity index (χ0v) is 27.4. The highest BCUT2D eigenvalue weighted by Gasteiger charge is 2.44. The van der Waals surface area contributed by atoms with Crippen LogP contribution in [0.3, 0.4) is 0 Å². The van der Waals surface area contributed by atoms with Crippen LogP contribution in [0.4, 0.5) is 11.4 Å². The number of hydrogen-bond donors (Lipinski definition) is 4. The molecule has 252 valence electrons. The number of nitrogens with zero attached hydrogens (tertiary/aromatic N) is 2. The van der Waals surface area contributed by atoms with Crippen molar-refractivity contribution in [1.29, 1.82) is 0 Å². The molecule has 13 nitrogen and oxygen atoms in total. The van der Waals surface area contributed by atoms with E-state index in [2.05, 4.69) is 10.0 Å². The predicted octanol–water partition coefficient (Wildman–Crippen LogP) is 3.86. The minimum absolute atomic E-state index is 0.00785. The molecule has 1 saturated carbocycles. The van der Waals surface area contributed by atoms with Gasteiger partial charge in [-0.3, -0.25) is 24.0 Å². The van der Waals surface area contributed by atoms with Crippen LogP contribution in [0.2, 0.25) is 0 Å². The molecule has 0 saturated heterocycles. The Morgan fingerprint density at radius 2 is 1.51 bits per heavy atom. The molecule has 1 atom stereocenters. The van der Waals surface area contributed by atoms with Crippen LogP contribution in [0, 0.1) is 0 Å². The maximum atomic E-state index is 14.5. The number of anilines is 2. The van der Waals surface area contributed by atoms with E-state index < -0.39 is 61.9 Å². The van der Waals surface area contributed by atoms with E-state index in [0.29, 0.717) is 28.3 Å². The first-order chi connectivity index (χ1) is 23.4. The van der Waals surface area contributed by atoms with Gasteiger partial charge in [-0.25, -0.2) is 21.1 Å². The highest BCUT2D eigenvalue weighted by molar-refractivity contribution is 7.93. The summed E-state index contributed by atoms with van der Waals surface area (Å²) in [5.41, 5.74) is 0.931. The lowest BCUT2D eigenvalue weighted by Gasteiger charge is -2.34. The van der Waals surface area contributed by atoms with E-state index in [4.69, 9.17) is 0 Å². The van der Waals surface area contributed by atoms with Crippen LogP contribution in [0.15, 0.2) is 94.7 Å². The first kappa shape index (κ1) is 32.2. The molecule has 0 bridgehead atoms. The highest BCUT2D eigenvalue weighted by atomic mass is 32.2. The maximum Gasteiger partial charge on any atom is 0.269 e. The molecule has 4 N–H and O–H groups in total. The van der Waals surface area contributed by atoms with Gasteiger partial charge in [0.1, 0.15) is 17.5 Å². The van der Waals surface area contributed by atoms with E-state index in [1.54, 1.807) is 24.3 Å². The lowest BCUT2D eigenvalue weighted by Crippen LogP contribution is -2.50. The zero-order chi connectivity index (χ0) is 34.7. The number of nitrogens with one attached hydrogen (secondary N) is 2. The molecule has 3 amide bonds. The Bertz CT molecular complexity index is 2270. The van der Waals surface area contributed by atoms with E-state index >= 15 is 0 Å². The third kappa shape index (κ3) is 5.54. The average molecular weight is 703 g/mol. The molecule has 15 heteroatoms. The van der Waals surface area contributed by atoms with Gasteiger partial charge in [0.25, 0.3) is 26.0 Å². The first-order valence-electron chi connectivity index (χ1n) is 15.4. The summed E-state index contributed by atoms with van der Waals surface area (Å²) < 4.78 is 56.3. The van der Waals surface area contributed by atoms with Gasteiger partial charge < -0.3 is 15.5 Å².